The Balaban J connectivity index is 1.81. The molecule has 1 N–H and O–H groups in total. The second-order valence-electron chi connectivity index (χ2n) is 10.3. The molecule has 0 saturated carbocycles. The number of ether oxygens (including phenoxy) is 1. The molecule has 3 aromatic rings. The molecule has 0 fully saturated rings. The number of nitrogens with one attached hydrogen (secondary N) is 1. The molecule has 0 radical (unpaired) electrons. The second-order valence-corrected chi connectivity index (χ2v) is 10.3. The standard InChI is InChI=1S/C31H37FN2O3/c1-23-16-18-26(19-17-23)37-20-10-15-29(35)34(22-25-13-8-9-14-27(25)32)28(30(36)33-31(2,3)4)21-24-11-6-5-7-12-24/h5-9,11-14,16-19,28H,10,15,20-22H2,1-4H3,(H,33,36). The van der Waals surface area contributed by atoms with E-state index in [0.717, 1.165) is 16.9 Å². The van der Waals surface area contributed by atoms with Crippen LogP contribution in [-0.4, -0.2) is 34.9 Å². The lowest BCUT2D eigenvalue weighted by atomic mass is 10.00. The first-order valence-electron chi connectivity index (χ1n) is 12.7. The van der Waals surface area contributed by atoms with Crippen LogP contribution in [0.4, 0.5) is 4.39 Å². The maximum absolute atomic E-state index is 14.6. The van der Waals surface area contributed by atoms with E-state index in [0.29, 0.717) is 25.0 Å². The lowest BCUT2D eigenvalue weighted by Crippen LogP contribution is -2.54. The third-order valence-corrected chi connectivity index (χ3v) is 5.89. The molecule has 1 atom stereocenters. The van der Waals surface area contributed by atoms with Gasteiger partial charge in [0.05, 0.1) is 6.61 Å². The minimum Gasteiger partial charge on any atom is -0.494 e. The van der Waals surface area contributed by atoms with Crippen LogP contribution in [0.25, 0.3) is 0 Å². The summed E-state index contributed by atoms with van der Waals surface area (Å²) in [5.41, 5.74) is 1.95. The number of amides is 2. The van der Waals surface area contributed by atoms with Gasteiger partial charge in [-0.1, -0.05) is 66.2 Å². The van der Waals surface area contributed by atoms with E-state index in [1.54, 1.807) is 18.2 Å². The Labute approximate surface area is 219 Å². The molecule has 0 aliphatic heterocycles. The SMILES string of the molecule is Cc1ccc(OCCCC(=O)N(Cc2ccccc2F)C(Cc2ccccc2)C(=O)NC(C)(C)C)cc1. The summed E-state index contributed by atoms with van der Waals surface area (Å²) in [5.74, 6) is -0.150. The molecular formula is C31H37FN2O3. The first kappa shape index (κ1) is 27.9. The van der Waals surface area contributed by atoms with Crippen molar-refractivity contribution in [2.45, 2.75) is 65.1 Å². The summed E-state index contributed by atoms with van der Waals surface area (Å²) in [6, 6.07) is 22.9. The van der Waals surface area contributed by atoms with Gasteiger partial charge in [-0.2, -0.15) is 0 Å². The molecular weight excluding hydrogens is 467 g/mol. The fraction of sp³-hybridized carbons (Fsp3) is 0.355. The van der Waals surface area contributed by atoms with Crippen LogP contribution in [0, 0.1) is 12.7 Å². The Morgan fingerprint density at radius 1 is 0.946 bits per heavy atom. The van der Waals surface area contributed by atoms with Gasteiger partial charge in [0.1, 0.15) is 17.6 Å². The Morgan fingerprint density at radius 2 is 1.59 bits per heavy atom. The summed E-state index contributed by atoms with van der Waals surface area (Å²) in [4.78, 5) is 28.6. The number of hydrogen-bond donors (Lipinski definition) is 1. The van der Waals surface area contributed by atoms with Gasteiger partial charge >= 0.3 is 0 Å². The Hall–Kier alpha value is -3.67. The van der Waals surface area contributed by atoms with E-state index in [1.165, 1.54) is 11.0 Å². The zero-order chi connectivity index (χ0) is 26.8. The first-order chi connectivity index (χ1) is 17.6. The number of rotatable bonds is 11. The van der Waals surface area contributed by atoms with E-state index in [-0.39, 0.29) is 24.8 Å². The molecule has 0 saturated heterocycles. The third kappa shape index (κ3) is 9.05. The quantitative estimate of drug-likeness (QED) is 0.334. The maximum atomic E-state index is 14.6. The van der Waals surface area contributed by atoms with Crippen LogP contribution in [0.15, 0.2) is 78.9 Å². The average molecular weight is 505 g/mol. The molecule has 196 valence electrons. The largest absolute Gasteiger partial charge is 0.494 e. The molecule has 3 rings (SSSR count). The smallest absolute Gasteiger partial charge is 0.243 e. The Kier molecular flexibility index (Phi) is 9.84. The molecule has 0 aromatic heterocycles. The number of carbonyl (C=O) groups excluding carboxylic acids is 2. The summed E-state index contributed by atoms with van der Waals surface area (Å²) in [6.45, 7) is 8.06. The third-order valence-electron chi connectivity index (χ3n) is 5.89. The molecule has 6 heteroatoms. The van der Waals surface area contributed by atoms with Crippen molar-refractivity contribution in [3.05, 3.63) is 101 Å². The van der Waals surface area contributed by atoms with Crippen LogP contribution >= 0.6 is 0 Å². The zero-order valence-corrected chi connectivity index (χ0v) is 22.2. The van der Waals surface area contributed by atoms with Crippen LogP contribution in [0.3, 0.4) is 0 Å². The predicted octanol–water partition coefficient (Wildman–Crippen LogP) is 5.85. The molecule has 0 spiro atoms. The van der Waals surface area contributed by atoms with Crippen molar-refractivity contribution in [3.63, 3.8) is 0 Å². The fourth-order valence-corrected chi connectivity index (χ4v) is 4.01. The Bertz CT molecular complexity index is 1160. The highest BCUT2D eigenvalue weighted by Crippen LogP contribution is 2.19. The molecule has 3 aromatic carbocycles. The van der Waals surface area contributed by atoms with Gasteiger partial charge in [0.2, 0.25) is 11.8 Å². The number of benzene rings is 3. The van der Waals surface area contributed by atoms with Gasteiger partial charge < -0.3 is 15.0 Å². The second kappa shape index (κ2) is 13.0. The normalized spacial score (nSPS) is 12.0. The van der Waals surface area contributed by atoms with E-state index >= 15 is 0 Å². The molecule has 1 unspecified atom stereocenters. The maximum Gasteiger partial charge on any atom is 0.243 e. The highest BCUT2D eigenvalue weighted by atomic mass is 19.1. The van der Waals surface area contributed by atoms with Crippen molar-refractivity contribution >= 4 is 11.8 Å². The summed E-state index contributed by atoms with van der Waals surface area (Å²) < 4.78 is 20.4. The molecule has 0 aliphatic rings. The molecule has 0 bridgehead atoms. The first-order valence-corrected chi connectivity index (χ1v) is 12.7. The molecule has 0 heterocycles. The van der Waals surface area contributed by atoms with Crippen molar-refractivity contribution in [3.8, 4) is 5.75 Å². The summed E-state index contributed by atoms with van der Waals surface area (Å²) in [6.07, 6.45) is 0.969. The van der Waals surface area contributed by atoms with Crippen LogP contribution in [0.5, 0.6) is 5.75 Å². The highest BCUT2D eigenvalue weighted by Gasteiger charge is 2.32. The van der Waals surface area contributed by atoms with Crippen LogP contribution in [0.2, 0.25) is 0 Å². The summed E-state index contributed by atoms with van der Waals surface area (Å²) >= 11 is 0. The lowest BCUT2D eigenvalue weighted by molar-refractivity contribution is -0.142. The van der Waals surface area contributed by atoms with Gasteiger partial charge in [-0.15, -0.1) is 0 Å². The molecule has 2 amide bonds. The van der Waals surface area contributed by atoms with Gasteiger partial charge in [0.15, 0.2) is 0 Å². The number of hydrogen-bond acceptors (Lipinski definition) is 3. The minimum absolute atomic E-state index is 0.000606. The van der Waals surface area contributed by atoms with Crippen molar-refractivity contribution < 1.29 is 18.7 Å². The topological polar surface area (TPSA) is 58.6 Å². The van der Waals surface area contributed by atoms with Crippen LogP contribution in [-0.2, 0) is 22.6 Å². The van der Waals surface area contributed by atoms with Crippen molar-refractivity contribution in [2.75, 3.05) is 6.61 Å². The minimum atomic E-state index is -0.799. The monoisotopic (exact) mass is 504 g/mol. The predicted molar refractivity (Wildman–Crippen MR) is 145 cm³/mol. The Morgan fingerprint density at radius 3 is 2.24 bits per heavy atom. The van der Waals surface area contributed by atoms with Crippen LogP contribution < -0.4 is 10.1 Å². The van der Waals surface area contributed by atoms with Gasteiger partial charge in [-0.05, 0) is 57.9 Å². The van der Waals surface area contributed by atoms with E-state index in [2.05, 4.69) is 5.32 Å². The van der Waals surface area contributed by atoms with Crippen LogP contribution in [0.1, 0.15) is 50.3 Å². The number of carbonyl (C=O) groups is 2. The average Bonchev–Trinajstić information content (AvgIpc) is 2.85. The van der Waals surface area contributed by atoms with Crippen molar-refractivity contribution in [1.29, 1.82) is 0 Å². The molecule has 37 heavy (non-hydrogen) atoms. The zero-order valence-electron chi connectivity index (χ0n) is 22.2. The van der Waals surface area contributed by atoms with E-state index in [1.807, 2.05) is 82.3 Å². The van der Waals surface area contributed by atoms with Gasteiger partial charge in [-0.25, -0.2) is 4.39 Å². The van der Waals surface area contributed by atoms with E-state index < -0.39 is 17.4 Å². The van der Waals surface area contributed by atoms with Gasteiger partial charge in [0.25, 0.3) is 0 Å². The van der Waals surface area contributed by atoms with E-state index in [9.17, 15) is 14.0 Å². The van der Waals surface area contributed by atoms with Gasteiger partial charge in [0, 0.05) is 30.5 Å². The summed E-state index contributed by atoms with van der Waals surface area (Å²) in [7, 11) is 0. The van der Waals surface area contributed by atoms with E-state index in [4.69, 9.17) is 4.74 Å². The van der Waals surface area contributed by atoms with Gasteiger partial charge in [-0.3, -0.25) is 9.59 Å². The summed E-state index contributed by atoms with van der Waals surface area (Å²) in [5, 5.41) is 3.02. The number of halogens is 1. The highest BCUT2D eigenvalue weighted by molar-refractivity contribution is 5.88. The molecule has 0 aliphatic carbocycles. The number of nitrogens with zero attached hydrogens (tertiary/aromatic N) is 1. The fourth-order valence-electron chi connectivity index (χ4n) is 4.01. The lowest BCUT2D eigenvalue weighted by Gasteiger charge is -2.34. The number of aryl methyl sites for hydroxylation is 1. The van der Waals surface area contributed by atoms with Crippen molar-refractivity contribution in [2.24, 2.45) is 0 Å². The molecule has 5 nitrogen and oxygen atoms in total. The van der Waals surface area contributed by atoms with Crippen molar-refractivity contribution in [1.82, 2.24) is 10.2 Å².